The van der Waals surface area contributed by atoms with Gasteiger partial charge in [-0.15, -0.1) is 0 Å². The van der Waals surface area contributed by atoms with E-state index in [1.807, 2.05) is 42.2 Å². The van der Waals surface area contributed by atoms with Gasteiger partial charge in [-0.25, -0.2) is 4.79 Å². The van der Waals surface area contributed by atoms with E-state index in [1.54, 1.807) is 4.90 Å². The minimum Gasteiger partial charge on any atom is -0.357 e. The summed E-state index contributed by atoms with van der Waals surface area (Å²) in [5.74, 6) is 0.0520. The van der Waals surface area contributed by atoms with Crippen molar-refractivity contribution in [2.75, 3.05) is 18.4 Å². The molecule has 0 aliphatic carbocycles. The molecular weight excluding hydrogens is 376 g/mol. The average molecular weight is 402 g/mol. The molecule has 5 rings (SSSR count). The molecule has 2 aliphatic rings. The number of aromatic nitrogens is 1. The Morgan fingerprint density at radius 2 is 1.97 bits per heavy atom. The molecule has 1 unspecified atom stereocenters. The third kappa shape index (κ3) is 3.32. The monoisotopic (exact) mass is 402 g/mol. The largest absolute Gasteiger partial charge is 0.357 e. The molecule has 30 heavy (non-hydrogen) atoms. The Morgan fingerprint density at radius 1 is 1.10 bits per heavy atom. The molecule has 1 saturated heterocycles. The second-order valence-corrected chi connectivity index (χ2v) is 8.29. The van der Waals surface area contributed by atoms with E-state index < -0.39 is 0 Å². The van der Waals surface area contributed by atoms with Crippen molar-refractivity contribution in [2.24, 2.45) is 0 Å². The zero-order valence-electron chi connectivity index (χ0n) is 17.1. The number of likely N-dealkylation sites (tertiary alicyclic amines) is 1. The number of nitrogens with zero attached hydrogens (tertiary/aromatic N) is 2. The molecule has 2 aromatic carbocycles. The van der Waals surface area contributed by atoms with E-state index in [-0.39, 0.29) is 18.0 Å². The van der Waals surface area contributed by atoms with Crippen LogP contribution >= 0.6 is 0 Å². The number of aromatic amines is 1. The number of rotatable bonds is 2. The number of nitrogens with one attached hydrogen (secondary N) is 2. The zero-order chi connectivity index (χ0) is 20.7. The fourth-order valence-corrected chi connectivity index (χ4v) is 4.78. The van der Waals surface area contributed by atoms with Gasteiger partial charge in [-0.2, -0.15) is 0 Å². The third-order valence-electron chi connectivity index (χ3n) is 6.26. The van der Waals surface area contributed by atoms with Crippen LogP contribution in [-0.2, 0) is 17.8 Å². The van der Waals surface area contributed by atoms with Crippen molar-refractivity contribution in [1.29, 1.82) is 0 Å². The maximum atomic E-state index is 13.3. The SMILES string of the molecule is Cc1cccc(NC(=O)N2CCCC2C(=O)N2CCc3c([nH]c4ccccc34)C2)c1. The molecule has 0 bridgehead atoms. The highest BCUT2D eigenvalue weighted by Crippen LogP contribution is 2.29. The number of H-pyrrole nitrogens is 1. The molecule has 154 valence electrons. The van der Waals surface area contributed by atoms with Gasteiger partial charge in [0, 0.05) is 35.4 Å². The van der Waals surface area contributed by atoms with E-state index in [2.05, 4.69) is 28.5 Å². The minimum absolute atomic E-state index is 0.0520. The van der Waals surface area contributed by atoms with Crippen LogP contribution in [-0.4, -0.2) is 45.9 Å². The van der Waals surface area contributed by atoms with Gasteiger partial charge in [0.2, 0.25) is 5.91 Å². The summed E-state index contributed by atoms with van der Waals surface area (Å²) in [6.07, 6.45) is 2.41. The van der Waals surface area contributed by atoms with Crippen LogP contribution in [0.2, 0.25) is 0 Å². The van der Waals surface area contributed by atoms with Gasteiger partial charge in [0.25, 0.3) is 0 Å². The quantitative estimate of drug-likeness (QED) is 0.679. The predicted molar refractivity (Wildman–Crippen MR) is 117 cm³/mol. The molecule has 1 fully saturated rings. The normalized spacial score (nSPS) is 18.5. The van der Waals surface area contributed by atoms with Gasteiger partial charge in [0.1, 0.15) is 6.04 Å². The van der Waals surface area contributed by atoms with Crippen molar-refractivity contribution in [2.45, 2.75) is 38.8 Å². The standard InChI is InChI=1S/C24H26N4O2/c1-16-6-4-7-17(14-16)25-24(30)28-12-5-10-22(28)23(29)27-13-11-19-18-8-2-3-9-20(18)26-21(19)15-27/h2-4,6-9,14,22,26H,5,10-13,15H2,1H3,(H,25,30). The molecule has 2 aliphatic heterocycles. The fraction of sp³-hybridized carbons (Fsp3) is 0.333. The molecule has 2 N–H and O–H groups in total. The summed E-state index contributed by atoms with van der Waals surface area (Å²) in [4.78, 5) is 33.3. The smallest absolute Gasteiger partial charge is 0.322 e. The van der Waals surface area contributed by atoms with Crippen molar-refractivity contribution in [3.63, 3.8) is 0 Å². The lowest BCUT2D eigenvalue weighted by atomic mass is 10.0. The highest BCUT2D eigenvalue weighted by atomic mass is 16.2. The van der Waals surface area contributed by atoms with Crippen molar-refractivity contribution in [3.05, 3.63) is 65.4 Å². The molecule has 0 spiro atoms. The van der Waals surface area contributed by atoms with Gasteiger partial charge < -0.3 is 20.1 Å². The molecule has 0 saturated carbocycles. The predicted octanol–water partition coefficient (Wildman–Crippen LogP) is 4.06. The number of aryl methyl sites for hydroxylation is 1. The van der Waals surface area contributed by atoms with E-state index in [0.29, 0.717) is 19.6 Å². The molecule has 6 heteroatoms. The lowest BCUT2D eigenvalue weighted by Gasteiger charge is -2.32. The molecule has 6 nitrogen and oxygen atoms in total. The van der Waals surface area contributed by atoms with Crippen LogP contribution in [0.4, 0.5) is 10.5 Å². The Balaban J connectivity index is 1.31. The lowest BCUT2D eigenvalue weighted by molar-refractivity contribution is -0.136. The van der Waals surface area contributed by atoms with Crippen LogP contribution in [0.15, 0.2) is 48.5 Å². The highest BCUT2D eigenvalue weighted by molar-refractivity contribution is 5.94. The summed E-state index contributed by atoms with van der Waals surface area (Å²) in [6.45, 7) is 3.87. The second kappa shape index (κ2) is 7.52. The van der Waals surface area contributed by atoms with Gasteiger partial charge in [0.05, 0.1) is 6.54 Å². The first-order valence-electron chi connectivity index (χ1n) is 10.6. The lowest BCUT2D eigenvalue weighted by Crippen LogP contribution is -2.50. The minimum atomic E-state index is -0.388. The van der Waals surface area contributed by atoms with Crippen LogP contribution < -0.4 is 5.32 Å². The van der Waals surface area contributed by atoms with Crippen molar-refractivity contribution in [1.82, 2.24) is 14.8 Å². The van der Waals surface area contributed by atoms with Gasteiger partial charge in [-0.3, -0.25) is 4.79 Å². The molecular formula is C24H26N4O2. The van der Waals surface area contributed by atoms with Crippen molar-refractivity contribution in [3.8, 4) is 0 Å². The van der Waals surface area contributed by atoms with Gasteiger partial charge >= 0.3 is 6.03 Å². The van der Waals surface area contributed by atoms with Crippen LogP contribution in [0.5, 0.6) is 0 Å². The molecule has 3 heterocycles. The molecule has 1 atom stereocenters. The number of urea groups is 1. The Bertz CT molecular complexity index is 1120. The summed E-state index contributed by atoms with van der Waals surface area (Å²) < 4.78 is 0. The first-order valence-corrected chi connectivity index (χ1v) is 10.6. The Kier molecular flexibility index (Phi) is 4.69. The number of benzene rings is 2. The number of hydrogen-bond acceptors (Lipinski definition) is 2. The van der Waals surface area contributed by atoms with E-state index in [1.165, 1.54) is 10.9 Å². The summed E-state index contributed by atoms with van der Waals surface area (Å²) in [6, 6.07) is 15.4. The number of anilines is 1. The molecule has 1 aromatic heterocycles. The zero-order valence-corrected chi connectivity index (χ0v) is 17.1. The highest BCUT2D eigenvalue weighted by Gasteiger charge is 2.37. The second-order valence-electron chi connectivity index (χ2n) is 8.29. The van der Waals surface area contributed by atoms with Gasteiger partial charge in [-0.05, 0) is 55.5 Å². The van der Waals surface area contributed by atoms with E-state index in [0.717, 1.165) is 41.7 Å². The summed E-state index contributed by atoms with van der Waals surface area (Å²) in [7, 11) is 0. The van der Waals surface area contributed by atoms with Crippen LogP contribution in [0, 0.1) is 6.92 Å². The summed E-state index contributed by atoms with van der Waals surface area (Å²) >= 11 is 0. The van der Waals surface area contributed by atoms with Crippen LogP contribution in [0.25, 0.3) is 10.9 Å². The number of fused-ring (bicyclic) bond motifs is 3. The van der Waals surface area contributed by atoms with Gasteiger partial charge in [0.15, 0.2) is 0 Å². The molecule has 0 radical (unpaired) electrons. The Hall–Kier alpha value is -3.28. The van der Waals surface area contributed by atoms with Crippen LogP contribution in [0.1, 0.15) is 29.7 Å². The topological polar surface area (TPSA) is 68.4 Å². The maximum absolute atomic E-state index is 13.3. The number of para-hydroxylation sites is 1. The number of amides is 3. The van der Waals surface area contributed by atoms with E-state index >= 15 is 0 Å². The van der Waals surface area contributed by atoms with Gasteiger partial charge in [-0.1, -0.05) is 30.3 Å². The number of carbonyl (C=O) groups excluding carboxylic acids is 2. The Labute approximate surface area is 175 Å². The first kappa shape index (κ1) is 18.7. The summed E-state index contributed by atoms with van der Waals surface area (Å²) in [5.41, 5.74) is 5.40. The van der Waals surface area contributed by atoms with E-state index in [4.69, 9.17) is 0 Å². The van der Waals surface area contributed by atoms with Crippen molar-refractivity contribution < 1.29 is 9.59 Å². The summed E-state index contributed by atoms with van der Waals surface area (Å²) in [5, 5.41) is 4.21. The fourth-order valence-electron chi connectivity index (χ4n) is 4.78. The number of hydrogen-bond donors (Lipinski definition) is 2. The Morgan fingerprint density at radius 3 is 2.83 bits per heavy atom. The molecule has 3 amide bonds. The van der Waals surface area contributed by atoms with Crippen LogP contribution in [0.3, 0.4) is 0 Å². The van der Waals surface area contributed by atoms with Crippen molar-refractivity contribution >= 4 is 28.5 Å². The number of carbonyl (C=O) groups is 2. The first-order chi connectivity index (χ1) is 14.6. The maximum Gasteiger partial charge on any atom is 0.322 e. The average Bonchev–Trinajstić information content (AvgIpc) is 3.37. The third-order valence-corrected chi connectivity index (χ3v) is 6.26. The molecule has 3 aromatic rings. The van der Waals surface area contributed by atoms with E-state index in [9.17, 15) is 9.59 Å².